The minimum atomic E-state index is -1.35. The smallest absolute Gasteiger partial charge is 0.407 e. The van der Waals surface area contributed by atoms with Crippen LogP contribution in [0.25, 0.3) is 0 Å². The molecule has 4 amide bonds. The lowest BCUT2D eigenvalue weighted by Crippen LogP contribution is -2.57. The SMILES string of the molecule is COC(=O)NC12CCC(NC(=O)C(=O)N(C)C)(CC1)c1nc(C(=O)NCc3ccc(F)c(C)c3)c(O)c(=O)n1C2. The molecule has 2 aromatic rings. The van der Waals surface area contributed by atoms with Gasteiger partial charge in [0.1, 0.15) is 11.6 Å². The van der Waals surface area contributed by atoms with E-state index < -0.39 is 57.7 Å². The number of aromatic nitrogens is 2. The van der Waals surface area contributed by atoms with E-state index in [0.717, 1.165) is 9.47 Å². The van der Waals surface area contributed by atoms with Crippen LogP contribution in [0, 0.1) is 12.7 Å². The average Bonchev–Trinajstić information content (AvgIpc) is 3.13. The summed E-state index contributed by atoms with van der Waals surface area (Å²) in [7, 11) is 4.03. The number of likely N-dealkylation sites (N-methyl/N-ethyl adjacent to an activating group) is 1. The molecular formula is C26H31FN6O7. The first-order valence-electron chi connectivity index (χ1n) is 12.6. The van der Waals surface area contributed by atoms with Crippen molar-refractivity contribution < 1.29 is 33.4 Å². The van der Waals surface area contributed by atoms with Crippen molar-refractivity contribution in [3.05, 3.63) is 57.0 Å². The van der Waals surface area contributed by atoms with E-state index in [-0.39, 0.29) is 44.6 Å². The number of carbonyl (C=O) groups is 4. The number of hydrogen-bond donors (Lipinski definition) is 4. The van der Waals surface area contributed by atoms with Crippen molar-refractivity contribution in [3.8, 4) is 5.75 Å². The highest BCUT2D eigenvalue weighted by Gasteiger charge is 2.52. The van der Waals surface area contributed by atoms with Crippen LogP contribution < -0.4 is 21.5 Å². The summed E-state index contributed by atoms with van der Waals surface area (Å²) >= 11 is 0. The van der Waals surface area contributed by atoms with Gasteiger partial charge in [-0.1, -0.05) is 12.1 Å². The molecule has 4 N–H and O–H groups in total. The summed E-state index contributed by atoms with van der Waals surface area (Å²) in [5.41, 5.74) is -2.88. The molecule has 0 radical (unpaired) electrons. The maximum Gasteiger partial charge on any atom is 0.407 e. The summed E-state index contributed by atoms with van der Waals surface area (Å²) in [4.78, 5) is 69.5. The van der Waals surface area contributed by atoms with Gasteiger partial charge < -0.3 is 30.7 Å². The third kappa shape index (κ3) is 5.20. The van der Waals surface area contributed by atoms with Crippen LogP contribution in [-0.4, -0.2) is 70.1 Å². The molecule has 1 saturated carbocycles. The summed E-state index contributed by atoms with van der Waals surface area (Å²) in [6, 6.07) is 4.30. The molecule has 0 spiro atoms. The molecule has 3 heterocycles. The number of aromatic hydroxyl groups is 1. The number of benzene rings is 1. The van der Waals surface area contributed by atoms with E-state index in [1.165, 1.54) is 33.3 Å². The van der Waals surface area contributed by atoms with E-state index >= 15 is 0 Å². The van der Waals surface area contributed by atoms with Crippen LogP contribution in [0.3, 0.4) is 0 Å². The van der Waals surface area contributed by atoms with Gasteiger partial charge in [-0.25, -0.2) is 14.2 Å². The first-order valence-corrected chi connectivity index (χ1v) is 12.6. The first kappa shape index (κ1) is 28.5. The summed E-state index contributed by atoms with van der Waals surface area (Å²) in [6.45, 7) is 1.42. The number of methoxy groups -OCH3 is 1. The Hall–Kier alpha value is -4.49. The normalized spacial score (nSPS) is 21.0. The van der Waals surface area contributed by atoms with Crippen LogP contribution in [0.2, 0.25) is 0 Å². The predicted molar refractivity (Wildman–Crippen MR) is 138 cm³/mol. The molecule has 3 aliphatic rings. The number of hydrogen-bond acceptors (Lipinski definition) is 8. The van der Waals surface area contributed by atoms with Gasteiger partial charge in [-0.05, 0) is 49.8 Å². The van der Waals surface area contributed by atoms with Crippen LogP contribution in [0.15, 0.2) is 23.0 Å². The molecule has 1 aliphatic carbocycles. The molecule has 0 atom stereocenters. The van der Waals surface area contributed by atoms with Crippen LogP contribution in [0.4, 0.5) is 9.18 Å². The summed E-state index contributed by atoms with van der Waals surface area (Å²) in [5.74, 6) is -3.98. The third-order valence-electron chi connectivity index (χ3n) is 7.49. The van der Waals surface area contributed by atoms with Gasteiger partial charge in [-0.15, -0.1) is 0 Å². The standard InChI is InChI=1S/C26H31FN6O7/c1-14-11-15(5-6-16(14)27)12-28-19(35)17-18(34)21(37)33-13-25(31-24(39)40-4)7-9-26(10-8-25,23(33)29-17)30-20(36)22(38)32(2)3/h5-6,11,34H,7-10,12-13H2,1-4H3,(H,28,35)(H,30,36)(H,31,39). The van der Waals surface area contributed by atoms with E-state index in [1.807, 2.05) is 0 Å². The lowest BCUT2D eigenvalue weighted by atomic mass is 9.73. The molecule has 1 fully saturated rings. The second-order valence-electron chi connectivity index (χ2n) is 10.4. The molecule has 214 valence electrons. The molecule has 2 bridgehead atoms. The quantitative estimate of drug-likeness (QED) is 0.382. The second kappa shape index (κ2) is 10.6. The molecule has 5 rings (SSSR count). The molecule has 13 nitrogen and oxygen atoms in total. The molecule has 0 unspecified atom stereocenters. The zero-order chi connectivity index (χ0) is 29.4. The second-order valence-corrected chi connectivity index (χ2v) is 10.4. The van der Waals surface area contributed by atoms with E-state index in [0.29, 0.717) is 11.1 Å². The highest BCUT2D eigenvalue weighted by Crippen LogP contribution is 2.45. The van der Waals surface area contributed by atoms with Crippen molar-refractivity contribution in [1.29, 1.82) is 0 Å². The molecule has 1 aromatic heterocycles. The van der Waals surface area contributed by atoms with Gasteiger partial charge in [0.15, 0.2) is 5.69 Å². The number of amides is 4. The summed E-state index contributed by atoms with van der Waals surface area (Å²) in [5, 5.41) is 18.8. The first-order chi connectivity index (χ1) is 18.8. The van der Waals surface area contributed by atoms with E-state index in [1.54, 1.807) is 13.0 Å². The van der Waals surface area contributed by atoms with Crippen molar-refractivity contribution in [2.24, 2.45) is 0 Å². The fourth-order valence-electron chi connectivity index (χ4n) is 5.22. The Kier molecular flexibility index (Phi) is 7.55. The van der Waals surface area contributed by atoms with Gasteiger partial charge in [-0.2, -0.15) is 0 Å². The highest BCUT2D eigenvalue weighted by molar-refractivity contribution is 6.35. The van der Waals surface area contributed by atoms with Crippen LogP contribution in [-0.2, 0) is 33.0 Å². The van der Waals surface area contributed by atoms with E-state index in [9.17, 15) is 33.5 Å². The van der Waals surface area contributed by atoms with Crippen LogP contribution in [0.5, 0.6) is 5.75 Å². The Morgan fingerprint density at radius 1 is 1.15 bits per heavy atom. The number of halogens is 1. The molecular weight excluding hydrogens is 527 g/mol. The van der Waals surface area contributed by atoms with Crippen molar-refractivity contribution in [2.75, 3.05) is 21.2 Å². The lowest BCUT2D eigenvalue weighted by Gasteiger charge is -2.42. The Morgan fingerprint density at radius 3 is 2.42 bits per heavy atom. The molecule has 14 heteroatoms. The van der Waals surface area contributed by atoms with Gasteiger partial charge in [0.05, 0.1) is 24.7 Å². The maximum absolute atomic E-state index is 13.6. The highest BCUT2D eigenvalue weighted by atomic mass is 19.1. The fourth-order valence-corrected chi connectivity index (χ4v) is 5.22. The largest absolute Gasteiger partial charge is 0.501 e. The van der Waals surface area contributed by atoms with E-state index in [2.05, 4.69) is 20.9 Å². The topological polar surface area (TPSA) is 172 Å². The number of fused-ring (bicyclic) bond motifs is 2. The number of nitrogens with one attached hydrogen (secondary N) is 3. The van der Waals surface area contributed by atoms with E-state index in [4.69, 9.17) is 4.74 Å². The number of ether oxygens (including phenoxy) is 1. The van der Waals surface area contributed by atoms with Gasteiger partial charge in [-0.3, -0.25) is 23.7 Å². The van der Waals surface area contributed by atoms with Crippen LogP contribution in [0.1, 0.15) is 53.1 Å². The third-order valence-corrected chi connectivity index (χ3v) is 7.49. The van der Waals surface area contributed by atoms with Crippen LogP contribution >= 0.6 is 0 Å². The van der Waals surface area contributed by atoms with Crippen molar-refractivity contribution in [3.63, 3.8) is 0 Å². The number of nitrogens with zero attached hydrogens (tertiary/aromatic N) is 3. The Bertz CT molecular complexity index is 1450. The number of alkyl carbamates (subject to hydrolysis) is 1. The Morgan fingerprint density at radius 2 is 1.82 bits per heavy atom. The minimum absolute atomic E-state index is 0.0241. The number of carbonyl (C=O) groups excluding carboxylic acids is 4. The van der Waals surface area contributed by atoms with Crippen molar-refractivity contribution in [1.82, 2.24) is 30.4 Å². The summed E-state index contributed by atoms with van der Waals surface area (Å²) in [6.07, 6.45) is 0.147. The van der Waals surface area contributed by atoms with Gasteiger partial charge in [0.2, 0.25) is 5.75 Å². The zero-order valence-corrected chi connectivity index (χ0v) is 22.6. The summed E-state index contributed by atoms with van der Waals surface area (Å²) < 4.78 is 19.5. The molecule has 1 aromatic carbocycles. The lowest BCUT2D eigenvalue weighted by molar-refractivity contribution is -0.145. The molecule has 2 aliphatic heterocycles. The predicted octanol–water partition coefficient (Wildman–Crippen LogP) is 0.409. The van der Waals surface area contributed by atoms with Gasteiger partial charge in [0.25, 0.3) is 11.5 Å². The Labute approximate surface area is 228 Å². The minimum Gasteiger partial charge on any atom is -0.501 e. The number of aryl methyl sites for hydroxylation is 1. The maximum atomic E-state index is 13.6. The fraction of sp³-hybridized carbons (Fsp3) is 0.462. The Balaban J connectivity index is 1.76. The van der Waals surface area contributed by atoms with Gasteiger partial charge >= 0.3 is 17.9 Å². The molecule has 0 saturated heterocycles. The number of rotatable bonds is 5. The van der Waals surface area contributed by atoms with Crippen molar-refractivity contribution in [2.45, 2.75) is 56.8 Å². The molecule has 40 heavy (non-hydrogen) atoms. The average molecular weight is 559 g/mol. The van der Waals surface area contributed by atoms with Gasteiger partial charge in [0, 0.05) is 20.6 Å². The van der Waals surface area contributed by atoms with Crippen molar-refractivity contribution >= 4 is 23.8 Å². The zero-order valence-electron chi connectivity index (χ0n) is 22.6. The monoisotopic (exact) mass is 558 g/mol.